The monoisotopic (exact) mass is 241 g/mol. The predicted octanol–water partition coefficient (Wildman–Crippen LogP) is 2.48. The normalized spacial score (nSPS) is 36.5. The van der Waals surface area contributed by atoms with Crippen molar-refractivity contribution in [2.24, 2.45) is 11.1 Å². The quantitative estimate of drug-likeness (QED) is 0.804. The van der Waals surface area contributed by atoms with Gasteiger partial charge in [0.1, 0.15) is 0 Å². The summed E-state index contributed by atoms with van der Waals surface area (Å²) in [4.78, 5) is 0. The Bertz CT molecular complexity index is 234. The number of hydrogen-bond donors (Lipinski definition) is 1. The number of rotatable bonds is 5. The topological polar surface area (TPSA) is 44.5 Å². The third-order valence-corrected chi connectivity index (χ3v) is 4.92. The molecule has 1 aliphatic heterocycles. The van der Waals surface area contributed by atoms with Crippen molar-refractivity contribution in [2.45, 2.75) is 70.6 Å². The van der Waals surface area contributed by atoms with Crippen LogP contribution in [0.25, 0.3) is 0 Å². The largest absolute Gasteiger partial charge is 0.376 e. The molecule has 3 heteroatoms. The fraction of sp³-hybridized carbons (Fsp3) is 1.00. The fourth-order valence-corrected chi connectivity index (χ4v) is 3.40. The molecule has 0 spiro atoms. The summed E-state index contributed by atoms with van der Waals surface area (Å²) in [6.45, 7) is 6.13. The Morgan fingerprint density at radius 1 is 1.29 bits per heavy atom. The molecule has 0 amide bonds. The van der Waals surface area contributed by atoms with E-state index < -0.39 is 0 Å². The highest BCUT2D eigenvalue weighted by Gasteiger charge is 2.51. The maximum Gasteiger partial charge on any atom is 0.0808 e. The maximum absolute atomic E-state index is 6.17. The van der Waals surface area contributed by atoms with E-state index >= 15 is 0 Å². The van der Waals surface area contributed by atoms with Crippen LogP contribution in [0.15, 0.2) is 0 Å². The highest BCUT2D eigenvalue weighted by molar-refractivity contribution is 5.05. The van der Waals surface area contributed by atoms with Crippen molar-refractivity contribution in [2.75, 3.05) is 13.2 Å². The highest BCUT2D eigenvalue weighted by atomic mass is 16.5. The molecular formula is C14H27NO2. The van der Waals surface area contributed by atoms with Gasteiger partial charge in [0, 0.05) is 18.1 Å². The van der Waals surface area contributed by atoms with Crippen LogP contribution in [0.5, 0.6) is 0 Å². The SMILES string of the molecule is CCC1(CC)C(N)CC1OCC1CCCCO1. The van der Waals surface area contributed by atoms with Crippen molar-refractivity contribution in [3.63, 3.8) is 0 Å². The second kappa shape index (κ2) is 5.68. The zero-order valence-electron chi connectivity index (χ0n) is 11.3. The van der Waals surface area contributed by atoms with Crippen molar-refractivity contribution < 1.29 is 9.47 Å². The molecule has 2 rings (SSSR count). The molecular weight excluding hydrogens is 214 g/mol. The van der Waals surface area contributed by atoms with Gasteiger partial charge in [-0.05, 0) is 38.5 Å². The van der Waals surface area contributed by atoms with E-state index in [1.54, 1.807) is 0 Å². The van der Waals surface area contributed by atoms with E-state index in [4.69, 9.17) is 15.2 Å². The maximum atomic E-state index is 6.17. The second-order valence-corrected chi connectivity index (χ2v) is 5.59. The Balaban J connectivity index is 1.79. The number of hydrogen-bond acceptors (Lipinski definition) is 3. The Labute approximate surface area is 105 Å². The summed E-state index contributed by atoms with van der Waals surface area (Å²) in [6, 6.07) is 0.328. The van der Waals surface area contributed by atoms with Crippen molar-refractivity contribution >= 4 is 0 Å². The molecule has 2 N–H and O–H groups in total. The van der Waals surface area contributed by atoms with Crippen LogP contribution in [0.4, 0.5) is 0 Å². The third-order valence-electron chi connectivity index (χ3n) is 4.92. The third kappa shape index (κ3) is 2.51. The zero-order valence-corrected chi connectivity index (χ0v) is 11.3. The standard InChI is InChI=1S/C14H27NO2/c1-3-14(4-2)12(15)9-13(14)17-10-11-7-5-6-8-16-11/h11-13H,3-10,15H2,1-2H3. The lowest BCUT2D eigenvalue weighted by Gasteiger charge is -2.54. The van der Waals surface area contributed by atoms with Crippen molar-refractivity contribution in [3.05, 3.63) is 0 Å². The van der Waals surface area contributed by atoms with Crippen LogP contribution in [-0.2, 0) is 9.47 Å². The van der Waals surface area contributed by atoms with Gasteiger partial charge >= 0.3 is 0 Å². The Hall–Kier alpha value is -0.120. The number of ether oxygens (including phenoxy) is 2. The average molecular weight is 241 g/mol. The molecule has 0 radical (unpaired) electrons. The first-order valence-electron chi connectivity index (χ1n) is 7.21. The summed E-state index contributed by atoms with van der Waals surface area (Å²) in [7, 11) is 0. The smallest absolute Gasteiger partial charge is 0.0808 e. The minimum absolute atomic E-state index is 0.231. The van der Waals surface area contributed by atoms with Crippen LogP contribution in [0, 0.1) is 5.41 Å². The van der Waals surface area contributed by atoms with Crippen LogP contribution in [0.2, 0.25) is 0 Å². The van der Waals surface area contributed by atoms with Gasteiger partial charge in [0.2, 0.25) is 0 Å². The first-order chi connectivity index (χ1) is 8.23. The van der Waals surface area contributed by atoms with Gasteiger partial charge in [-0.1, -0.05) is 13.8 Å². The Morgan fingerprint density at radius 2 is 2.06 bits per heavy atom. The van der Waals surface area contributed by atoms with E-state index in [0.29, 0.717) is 18.2 Å². The van der Waals surface area contributed by atoms with Gasteiger partial charge in [0.05, 0.1) is 18.8 Å². The summed E-state index contributed by atoms with van der Waals surface area (Å²) in [5, 5.41) is 0. The first-order valence-corrected chi connectivity index (χ1v) is 7.21. The van der Waals surface area contributed by atoms with E-state index in [1.807, 2.05) is 0 Å². The summed E-state index contributed by atoms with van der Waals surface area (Å²) in [5.41, 5.74) is 6.40. The lowest BCUT2D eigenvalue weighted by Crippen LogP contribution is -2.62. The molecule has 3 nitrogen and oxygen atoms in total. The summed E-state index contributed by atoms with van der Waals surface area (Å²) in [5.74, 6) is 0. The van der Waals surface area contributed by atoms with Gasteiger partial charge in [-0.25, -0.2) is 0 Å². The number of nitrogens with two attached hydrogens (primary N) is 1. The molecule has 0 aromatic carbocycles. The molecule has 0 aromatic heterocycles. The van der Waals surface area contributed by atoms with E-state index in [9.17, 15) is 0 Å². The van der Waals surface area contributed by atoms with Gasteiger partial charge in [0.15, 0.2) is 0 Å². The van der Waals surface area contributed by atoms with Gasteiger partial charge in [0.25, 0.3) is 0 Å². The lowest BCUT2D eigenvalue weighted by atomic mass is 9.59. The van der Waals surface area contributed by atoms with Crippen molar-refractivity contribution in [1.82, 2.24) is 0 Å². The van der Waals surface area contributed by atoms with Gasteiger partial charge in [-0.15, -0.1) is 0 Å². The molecule has 1 heterocycles. The molecule has 2 aliphatic rings. The molecule has 3 atom stereocenters. The molecule has 1 saturated heterocycles. The van der Waals surface area contributed by atoms with Gasteiger partial charge in [-0.2, -0.15) is 0 Å². The highest BCUT2D eigenvalue weighted by Crippen LogP contribution is 2.47. The fourth-order valence-electron chi connectivity index (χ4n) is 3.40. The summed E-state index contributed by atoms with van der Waals surface area (Å²) < 4.78 is 11.8. The van der Waals surface area contributed by atoms with E-state index in [2.05, 4.69) is 13.8 Å². The second-order valence-electron chi connectivity index (χ2n) is 5.59. The van der Waals surface area contributed by atoms with E-state index in [-0.39, 0.29) is 5.41 Å². The molecule has 3 unspecified atom stereocenters. The molecule has 100 valence electrons. The van der Waals surface area contributed by atoms with Crippen molar-refractivity contribution in [1.29, 1.82) is 0 Å². The van der Waals surface area contributed by atoms with E-state index in [1.165, 1.54) is 12.8 Å². The molecule has 1 aliphatic carbocycles. The average Bonchev–Trinajstić information content (AvgIpc) is 2.37. The van der Waals surface area contributed by atoms with Crippen LogP contribution in [0.1, 0.15) is 52.4 Å². The molecule has 0 bridgehead atoms. The van der Waals surface area contributed by atoms with Crippen LogP contribution in [0.3, 0.4) is 0 Å². The van der Waals surface area contributed by atoms with Gasteiger partial charge < -0.3 is 15.2 Å². The van der Waals surface area contributed by atoms with E-state index in [0.717, 1.165) is 38.9 Å². The van der Waals surface area contributed by atoms with Crippen LogP contribution >= 0.6 is 0 Å². The predicted molar refractivity (Wildman–Crippen MR) is 68.9 cm³/mol. The summed E-state index contributed by atoms with van der Waals surface area (Å²) >= 11 is 0. The minimum Gasteiger partial charge on any atom is -0.376 e. The Morgan fingerprint density at radius 3 is 2.59 bits per heavy atom. The molecule has 17 heavy (non-hydrogen) atoms. The zero-order chi connectivity index (χ0) is 12.3. The first kappa shape index (κ1) is 13.3. The van der Waals surface area contributed by atoms with Crippen LogP contribution < -0.4 is 5.73 Å². The van der Waals surface area contributed by atoms with Crippen LogP contribution in [-0.4, -0.2) is 31.5 Å². The molecule has 0 aromatic rings. The Kier molecular flexibility index (Phi) is 4.45. The van der Waals surface area contributed by atoms with Gasteiger partial charge in [-0.3, -0.25) is 0 Å². The van der Waals surface area contributed by atoms with Crippen molar-refractivity contribution in [3.8, 4) is 0 Å². The molecule has 2 fully saturated rings. The summed E-state index contributed by atoms with van der Waals surface area (Å²) in [6.07, 6.45) is 7.61. The minimum atomic E-state index is 0.231. The molecule has 1 saturated carbocycles. The lowest BCUT2D eigenvalue weighted by molar-refractivity contribution is -0.156.